The predicted molar refractivity (Wildman–Crippen MR) is 90.9 cm³/mol. The van der Waals surface area contributed by atoms with E-state index in [9.17, 15) is 21.6 Å². The van der Waals surface area contributed by atoms with E-state index in [-0.39, 0.29) is 5.75 Å². The van der Waals surface area contributed by atoms with E-state index in [4.69, 9.17) is 4.55 Å². The van der Waals surface area contributed by atoms with Crippen LogP contribution in [0, 0.1) is 6.92 Å². The van der Waals surface area contributed by atoms with Gasteiger partial charge in [-0.15, -0.1) is 6.58 Å². The molecule has 140 valence electrons. The second-order valence-electron chi connectivity index (χ2n) is 4.76. The number of halogens is 3. The maximum Gasteiger partial charge on any atom is 0.379 e. The third kappa shape index (κ3) is 15.2. The average Bonchev–Trinajstić information content (AvgIpc) is 2.91. The molecule has 2 N–H and O–H groups in total. The molecule has 0 aliphatic heterocycles. The van der Waals surface area contributed by atoms with Gasteiger partial charge in [-0.2, -0.15) is 21.6 Å². The number of nitrogens with one attached hydrogen (secondary N) is 1. The van der Waals surface area contributed by atoms with Crippen molar-refractivity contribution in [3.63, 3.8) is 0 Å². The van der Waals surface area contributed by atoms with Gasteiger partial charge in [0.15, 0.2) is 0 Å². The van der Waals surface area contributed by atoms with Gasteiger partial charge >= 0.3 is 6.68 Å². The summed E-state index contributed by atoms with van der Waals surface area (Å²) in [7, 11) is -3.79. The lowest BCUT2D eigenvalue weighted by molar-refractivity contribution is 0.00819. The molecule has 9 heteroatoms. The fourth-order valence-electron chi connectivity index (χ4n) is 1.67. The molecule has 0 saturated heterocycles. The van der Waals surface area contributed by atoms with Crippen LogP contribution in [0.4, 0.5) is 13.2 Å². The summed E-state index contributed by atoms with van der Waals surface area (Å²) in [5.41, 5.74) is 2.59. The highest BCUT2D eigenvalue weighted by Gasteiger charge is 1.97. The number of aromatic nitrogens is 2. The number of benzene rings is 1. The first-order chi connectivity index (χ1) is 11.6. The number of H-pyrrole nitrogens is 1. The standard InChI is InChI=1S/C12H14N2.C3H6O3S.CHF3/c1-10-13-9-12(14-10)8-7-11-5-3-2-4-6-11;1-2-3-7(4,5)6;2-1(3)4/h2-6,9H,7-8H2,1H3,(H,13,14);2H,1,3H2,(H,4,5,6);1H. The third-order valence-corrected chi connectivity index (χ3v) is 3.27. The lowest BCUT2D eigenvalue weighted by Gasteiger charge is -1.98. The Kier molecular flexibility index (Phi) is 11.2. The average molecular weight is 378 g/mol. The van der Waals surface area contributed by atoms with Crippen molar-refractivity contribution in [2.75, 3.05) is 5.75 Å². The van der Waals surface area contributed by atoms with Crippen LogP contribution in [0.1, 0.15) is 17.1 Å². The van der Waals surface area contributed by atoms with Crippen LogP contribution in [0.5, 0.6) is 0 Å². The maximum atomic E-state index is 9.72. The summed E-state index contributed by atoms with van der Waals surface area (Å²) in [6.07, 6.45) is 5.14. The van der Waals surface area contributed by atoms with E-state index >= 15 is 0 Å². The van der Waals surface area contributed by atoms with E-state index in [1.165, 1.54) is 11.3 Å². The van der Waals surface area contributed by atoms with Crippen molar-refractivity contribution in [2.24, 2.45) is 0 Å². The highest BCUT2D eigenvalue weighted by Crippen LogP contribution is 2.05. The summed E-state index contributed by atoms with van der Waals surface area (Å²) in [5.74, 6) is 0.626. The van der Waals surface area contributed by atoms with E-state index in [1.807, 2.05) is 19.2 Å². The Bertz CT molecular complexity index is 702. The zero-order chi connectivity index (χ0) is 19.3. The van der Waals surface area contributed by atoms with E-state index < -0.39 is 16.8 Å². The van der Waals surface area contributed by atoms with Crippen LogP contribution in [0.25, 0.3) is 0 Å². The topological polar surface area (TPSA) is 83.1 Å². The first-order valence-electron chi connectivity index (χ1n) is 7.16. The van der Waals surface area contributed by atoms with Crippen LogP contribution in [-0.4, -0.2) is 35.4 Å². The maximum absolute atomic E-state index is 9.72. The smallest absolute Gasteiger partial charge is 0.346 e. The second kappa shape index (κ2) is 12.3. The lowest BCUT2D eigenvalue weighted by atomic mass is 10.1. The second-order valence-corrected chi connectivity index (χ2v) is 6.26. The SMILES string of the molecule is C=CCS(=O)(=O)O.Cc1ncc(CCc2ccccc2)[nH]1.FC(F)F. The lowest BCUT2D eigenvalue weighted by Crippen LogP contribution is -1.99. The number of aromatic amines is 1. The number of aryl methyl sites for hydroxylation is 3. The van der Waals surface area contributed by atoms with Crippen molar-refractivity contribution < 1.29 is 26.1 Å². The number of imidazole rings is 1. The summed E-state index contributed by atoms with van der Waals surface area (Å²) >= 11 is 0. The van der Waals surface area contributed by atoms with Gasteiger partial charge in [0.05, 0.1) is 5.75 Å². The molecule has 0 spiro atoms. The zero-order valence-electron chi connectivity index (χ0n) is 13.7. The third-order valence-electron chi connectivity index (χ3n) is 2.61. The van der Waals surface area contributed by atoms with Gasteiger partial charge in [-0.1, -0.05) is 36.4 Å². The molecule has 0 bridgehead atoms. The molecule has 2 aromatic rings. The molecular weight excluding hydrogens is 357 g/mol. The van der Waals surface area contributed by atoms with E-state index in [0.29, 0.717) is 0 Å². The Morgan fingerprint density at radius 1 is 1.24 bits per heavy atom. The molecular formula is C16H21F3N2O3S. The molecule has 2 rings (SSSR count). The summed E-state index contributed by atoms with van der Waals surface area (Å²) < 4.78 is 56.3. The summed E-state index contributed by atoms with van der Waals surface area (Å²) in [5, 5.41) is 0. The molecule has 0 radical (unpaired) electrons. The first-order valence-corrected chi connectivity index (χ1v) is 8.77. The van der Waals surface area contributed by atoms with Crippen LogP contribution >= 0.6 is 0 Å². The minimum absolute atomic E-state index is 0.368. The van der Waals surface area contributed by atoms with Gasteiger partial charge in [-0.05, 0) is 25.3 Å². The van der Waals surface area contributed by atoms with Crippen LogP contribution < -0.4 is 0 Å². The van der Waals surface area contributed by atoms with Crippen LogP contribution in [-0.2, 0) is 23.0 Å². The molecule has 5 nitrogen and oxygen atoms in total. The number of hydrogen-bond acceptors (Lipinski definition) is 3. The van der Waals surface area contributed by atoms with Crippen LogP contribution in [0.15, 0.2) is 49.2 Å². The highest BCUT2D eigenvalue weighted by molar-refractivity contribution is 7.85. The largest absolute Gasteiger partial charge is 0.379 e. The van der Waals surface area contributed by atoms with Gasteiger partial charge in [0.25, 0.3) is 10.1 Å². The summed E-state index contributed by atoms with van der Waals surface area (Å²) in [6.45, 7) is 1.42. The molecule has 1 aromatic carbocycles. The Labute approximate surface area is 145 Å². The van der Waals surface area contributed by atoms with Crippen molar-refractivity contribution in [2.45, 2.75) is 26.4 Å². The van der Waals surface area contributed by atoms with Gasteiger partial charge in [0.2, 0.25) is 0 Å². The van der Waals surface area contributed by atoms with E-state index in [1.54, 1.807) is 0 Å². The van der Waals surface area contributed by atoms with Gasteiger partial charge in [0, 0.05) is 11.9 Å². The fourth-order valence-corrected chi connectivity index (χ4v) is 1.97. The van der Waals surface area contributed by atoms with Gasteiger partial charge < -0.3 is 4.98 Å². The molecule has 0 unspecified atom stereocenters. The summed E-state index contributed by atoms with van der Waals surface area (Å²) in [4.78, 5) is 7.41. The van der Waals surface area contributed by atoms with E-state index in [2.05, 4.69) is 40.8 Å². The quantitative estimate of drug-likeness (QED) is 0.613. The molecule has 0 atom stereocenters. The Balaban J connectivity index is 0.000000442. The monoisotopic (exact) mass is 378 g/mol. The van der Waals surface area contributed by atoms with Crippen molar-refractivity contribution in [3.05, 3.63) is 66.3 Å². The van der Waals surface area contributed by atoms with Gasteiger partial charge in [-0.3, -0.25) is 4.55 Å². The van der Waals surface area contributed by atoms with Gasteiger partial charge in [-0.25, -0.2) is 4.98 Å². The van der Waals surface area contributed by atoms with Crippen molar-refractivity contribution in [1.29, 1.82) is 0 Å². The number of alkyl halides is 3. The molecule has 0 saturated carbocycles. The molecule has 25 heavy (non-hydrogen) atoms. The first kappa shape index (κ1) is 22.9. The van der Waals surface area contributed by atoms with E-state index in [0.717, 1.165) is 24.7 Å². The molecule has 0 aliphatic carbocycles. The molecule has 0 aliphatic rings. The van der Waals surface area contributed by atoms with Gasteiger partial charge in [0.1, 0.15) is 5.82 Å². The summed E-state index contributed by atoms with van der Waals surface area (Å²) in [6, 6.07) is 10.5. The highest BCUT2D eigenvalue weighted by atomic mass is 32.2. The van der Waals surface area contributed by atoms with Crippen molar-refractivity contribution in [1.82, 2.24) is 9.97 Å². The Hall–Kier alpha value is -2.13. The van der Waals surface area contributed by atoms with Crippen molar-refractivity contribution in [3.8, 4) is 0 Å². The number of rotatable bonds is 5. The predicted octanol–water partition coefficient (Wildman–Crippen LogP) is 3.74. The van der Waals surface area contributed by atoms with Crippen LogP contribution in [0.2, 0.25) is 0 Å². The fraction of sp³-hybridized carbons (Fsp3) is 0.312. The minimum Gasteiger partial charge on any atom is -0.346 e. The number of hydrogen-bond donors (Lipinski definition) is 2. The van der Waals surface area contributed by atoms with Crippen molar-refractivity contribution >= 4 is 10.1 Å². The normalized spacial score (nSPS) is 10.3. The molecule has 0 amide bonds. The van der Waals surface area contributed by atoms with Crippen LogP contribution in [0.3, 0.4) is 0 Å². The Morgan fingerprint density at radius 2 is 1.80 bits per heavy atom. The molecule has 1 heterocycles. The minimum atomic E-state index is -3.79. The Morgan fingerprint density at radius 3 is 2.16 bits per heavy atom. The molecule has 0 fully saturated rings. The molecule has 1 aromatic heterocycles. The zero-order valence-corrected chi connectivity index (χ0v) is 14.5. The number of nitrogens with zero attached hydrogens (tertiary/aromatic N) is 1.